The van der Waals surface area contributed by atoms with E-state index >= 15 is 0 Å². The Hall–Kier alpha value is -1.22. The zero-order valence-corrected chi connectivity index (χ0v) is 7.84. The molecule has 0 aliphatic carbocycles. The van der Waals surface area contributed by atoms with Crippen molar-refractivity contribution in [1.82, 2.24) is 4.57 Å². The number of benzene rings is 1. The molecule has 0 amide bonds. The van der Waals surface area contributed by atoms with Crippen LogP contribution < -0.4 is 5.76 Å². The minimum absolute atomic E-state index is 0.346. The summed E-state index contributed by atoms with van der Waals surface area (Å²) in [4.78, 5) is 11.1. The number of hydrogen-bond acceptors (Lipinski definition) is 2. The Morgan fingerprint density at radius 2 is 2.31 bits per heavy atom. The molecule has 0 saturated carbocycles. The molecule has 1 heterocycles. The van der Waals surface area contributed by atoms with Crippen molar-refractivity contribution in [2.75, 3.05) is 0 Å². The number of nitrogens with zero attached hydrogens (tertiary/aromatic N) is 1. The minimum Gasteiger partial charge on any atom is -0.408 e. The Morgan fingerprint density at radius 1 is 1.54 bits per heavy atom. The van der Waals surface area contributed by atoms with Gasteiger partial charge in [0.2, 0.25) is 0 Å². The van der Waals surface area contributed by atoms with E-state index in [0.29, 0.717) is 11.5 Å². The van der Waals surface area contributed by atoms with Crippen molar-refractivity contribution >= 4 is 22.7 Å². The van der Waals surface area contributed by atoms with Crippen molar-refractivity contribution in [2.24, 2.45) is 7.05 Å². The van der Waals surface area contributed by atoms with E-state index in [2.05, 4.69) is 0 Å². The first-order valence-electron chi connectivity index (χ1n) is 3.87. The lowest BCUT2D eigenvalue weighted by molar-refractivity contribution is 0.528. The van der Waals surface area contributed by atoms with Crippen LogP contribution in [0.2, 0.25) is 0 Å². The molecule has 2 aromatic rings. The van der Waals surface area contributed by atoms with Crippen LogP contribution in [0.5, 0.6) is 0 Å². The van der Waals surface area contributed by atoms with E-state index in [1.165, 1.54) is 4.57 Å². The lowest BCUT2D eigenvalue weighted by Crippen LogP contribution is -2.08. The van der Waals surface area contributed by atoms with E-state index < -0.39 is 0 Å². The third-order valence-corrected chi connectivity index (χ3v) is 2.32. The third-order valence-electron chi connectivity index (χ3n) is 2.01. The molecule has 0 saturated heterocycles. The predicted octanol–water partition coefficient (Wildman–Crippen LogP) is 1.87. The molecule has 0 aliphatic rings. The van der Waals surface area contributed by atoms with Gasteiger partial charge in [-0.1, -0.05) is 6.07 Å². The summed E-state index contributed by atoms with van der Waals surface area (Å²) in [6.45, 7) is 0. The molecule has 2 rings (SSSR count). The van der Waals surface area contributed by atoms with Gasteiger partial charge in [0.15, 0.2) is 5.58 Å². The number of aryl methyl sites for hydroxylation is 1. The smallest absolute Gasteiger partial charge is 0.408 e. The monoisotopic (exact) mass is 197 g/mol. The van der Waals surface area contributed by atoms with Gasteiger partial charge in [0, 0.05) is 12.9 Å². The molecule has 0 aliphatic heterocycles. The van der Waals surface area contributed by atoms with Crippen LogP contribution in [0.4, 0.5) is 0 Å². The lowest BCUT2D eigenvalue weighted by Gasteiger charge is -1.94. The van der Waals surface area contributed by atoms with Gasteiger partial charge in [0.1, 0.15) is 0 Å². The van der Waals surface area contributed by atoms with E-state index in [1.54, 1.807) is 13.1 Å². The fourth-order valence-electron chi connectivity index (χ4n) is 1.26. The first-order chi connectivity index (χ1) is 6.22. The van der Waals surface area contributed by atoms with Crippen LogP contribution in [0.15, 0.2) is 27.4 Å². The van der Waals surface area contributed by atoms with E-state index in [9.17, 15) is 4.79 Å². The largest absolute Gasteiger partial charge is 0.419 e. The number of halogens is 1. The first kappa shape index (κ1) is 8.38. The molecule has 0 spiro atoms. The van der Waals surface area contributed by atoms with E-state index in [4.69, 9.17) is 16.0 Å². The lowest BCUT2D eigenvalue weighted by atomic mass is 10.2. The van der Waals surface area contributed by atoms with E-state index in [-0.39, 0.29) is 5.76 Å². The summed E-state index contributed by atoms with van der Waals surface area (Å²) >= 11 is 5.65. The Morgan fingerprint density at radius 3 is 3.00 bits per heavy atom. The number of rotatable bonds is 1. The number of oxazole rings is 1. The number of aromatic nitrogens is 1. The maximum atomic E-state index is 11.1. The van der Waals surface area contributed by atoms with Gasteiger partial charge in [-0.15, -0.1) is 11.6 Å². The highest BCUT2D eigenvalue weighted by Crippen LogP contribution is 2.15. The Bertz CT molecular complexity index is 498. The van der Waals surface area contributed by atoms with Crippen LogP contribution in [0, 0.1) is 0 Å². The average Bonchev–Trinajstić information content (AvgIpc) is 2.42. The van der Waals surface area contributed by atoms with E-state index in [0.717, 1.165) is 11.1 Å². The van der Waals surface area contributed by atoms with Gasteiger partial charge in [0.25, 0.3) is 0 Å². The van der Waals surface area contributed by atoms with Crippen LogP contribution in [-0.2, 0) is 12.9 Å². The van der Waals surface area contributed by atoms with Crippen LogP contribution in [0.3, 0.4) is 0 Å². The zero-order chi connectivity index (χ0) is 9.42. The van der Waals surface area contributed by atoms with Crippen molar-refractivity contribution in [1.29, 1.82) is 0 Å². The molecule has 1 aromatic carbocycles. The molecular weight excluding hydrogens is 190 g/mol. The molecule has 4 heteroatoms. The molecule has 0 radical (unpaired) electrons. The van der Waals surface area contributed by atoms with Crippen molar-refractivity contribution in [2.45, 2.75) is 5.88 Å². The standard InChI is InChI=1S/C9H8ClNO2/c1-11-7-3-2-6(5-10)4-8(7)13-9(11)12/h2-4H,5H2,1H3. The normalized spacial score (nSPS) is 10.9. The van der Waals surface area contributed by atoms with Crippen molar-refractivity contribution < 1.29 is 4.42 Å². The van der Waals surface area contributed by atoms with Crippen LogP contribution in [-0.4, -0.2) is 4.57 Å². The summed E-state index contributed by atoms with van der Waals surface area (Å²) in [6.07, 6.45) is 0. The molecule has 0 N–H and O–H groups in total. The summed E-state index contributed by atoms with van der Waals surface area (Å²) in [5.74, 6) is 0.0795. The molecule has 0 unspecified atom stereocenters. The Kier molecular flexibility index (Phi) is 1.88. The highest BCUT2D eigenvalue weighted by molar-refractivity contribution is 6.17. The molecule has 68 valence electrons. The third kappa shape index (κ3) is 1.25. The second kappa shape index (κ2) is 2.92. The summed E-state index contributed by atoms with van der Waals surface area (Å²) in [6, 6.07) is 5.49. The van der Waals surface area contributed by atoms with Crippen LogP contribution in [0.1, 0.15) is 5.56 Å². The average molecular weight is 198 g/mol. The summed E-state index contributed by atoms with van der Waals surface area (Å²) in [5.41, 5.74) is 2.33. The van der Waals surface area contributed by atoms with Crippen molar-refractivity contribution in [3.05, 3.63) is 34.3 Å². The highest BCUT2D eigenvalue weighted by atomic mass is 35.5. The van der Waals surface area contributed by atoms with Gasteiger partial charge >= 0.3 is 5.76 Å². The Balaban J connectivity index is 2.80. The molecule has 0 fully saturated rings. The van der Waals surface area contributed by atoms with Gasteiger partial charge in [-0.2, -0.15) is 0 Å². The molecular formula is C9H8ClNO2. The quantitative estimate of drug-likeness (QED) is 0.655. The molecule has 13 heavy (non-hydrogen) atoms. The fourth-order valence-corrected chi connectivity index (χ4v) is 1.43. The first-order valence-corrected chi connectivity index (χ1v) is 4.40. The SMILES string of the molecule is Cn1c(=O)oc2cc(CCl)ccc21. The zero-order valence-electron chi connectivity index (χ0n) is 7.08. The summed E-state index contributed by atoms with van der Waals surface area (Å²) in [7, 11) is 1.68. The van der Waals surface area contributed by atoms with Gasteiger partial charge in [-0.05, 0) is 17.7 Å². The van der Waals surface area contributed by atoms with Gasteiger partial charge < -0.3 is 4.42 Å². The van der Waals surface area contributed by atoms with Crippen LogP contribution >= 0.6 is 11.6 Å². The molecule has 0 bridgehead atoms. The number of hydrogen-bond donors (Lipinski definition) is 0. The van der Waals surface area contributed by atoms with Crippen molar-refractivity contribution in [3.63, 3.8) is 0 Å². The molecule has 3 nitrogen and oxygen atoms in total. The molecule has 0 atom stereocenters. The summed E-state index contributed by atoms with van der Waals surface area (Å²) in [5, 5.41) is 0. The van der Waals surface area contributed by atoms with E-state index in [1.807, 2.05) is 12.1 Å². The summed E-state index contributed by atoms with van der Waals surface area (Å²) < 4.78 is 6.46. The second-order valence-electron chi connectivity index (χ2n) is 2.86. The topological polar surface area (TPSA) is 35.1 Å². The fraction of sp³-hybridized carbons (Fsp3) is 0.222. The highest BCUT2D eigenvalue weighted by Gasteiger charge is 2.05. The molecule has 1 aromatic heterocycles. The number of fused-ring (bicyclic) bond motifs is 1. The van der Waals surface area contributed by atoms with Gasteiger partial charge in [0.05, 0.1) is 5.52 Å². The number of alkyl halides is 1. The second-order valence-corrected chi connectivity index (χ2v) is 3.13. The van der Waals surface area contributed by atoms with Gasteiger partial charge in [-0.3, -0.25) is 4.57 Å². The predicted molar refractivity (Wildman–Crippen MR) is 51.0 cm³/mol. The van der Waals surface area contributed by atoms with Crippen molar-refractivity contribution in [3.8, 4) is 0 Å². The Labute approximate surface area is 79.5 Å². The van der Waals surface area contributed by atoms with Crippen LogP contribution in [0.25, 0.3) is 11.1 Å². The maximum Gasteiger partial charge on any atom is 0.419 e. The maximum absolute atomic E-state index is 11.1. The van der Waals surface area contributed by atoms with Gasteiger partial charge in [-0.25, -0.2) is 4.79 Å². The minimum atomic E-state index is -0.346.